The summed E-state index contributed by atoms with van der Waals surface area (Å²) in [6.07, 6.45) is 3.27. The quantitative estimate of drug-likeness (QED) is 0.795. The highest BCUT2D eigenvalue weighted by Gasteiger charge is 2.12. The number of rotatable bonds is 4. The Kier molecular flexibility index (Phi) is 4.98. The fourth-order valence-corrected chi connectivity index (χ4v) is 2.36. The lowest BCUT2D eigenvalue weighted by Crippen LogP contribution is -2.38. The zero-order valence-corrected chi connectivity index (χ0v) is 11.8. The van der Waals surface area contributed by atoms with Crippen LogP contribution in [0.3, 0.4) is 0 Å². The molecule has 20 heavy (non-hydrogen) atoms. The summed E-state index contributed by atoms with van der Waals surface area (Å²) in [5.41, 5.74) is 2.42. The van der Waals surface area contributed by atoms with E-state index in [1.165, 1.54) is 25.6 Å². The van der Waals surface area contributed by atoms with Gasteiger partial charge in [-0.05, 0) is 37.0 Å². The summed E-state index contributed by atoms with van der Waals surface area (Å²) in [5, 5.41) is 4.89. The number of nitrogens with zero attached hydrogens (tertiary/aromatic N) is 1. The topological polar surface area (TPSA) is 61.4 Å². The molecule has 0 saturated carbocycles. The Morgan fingerprint density at radius 3 is 2.35 bits per heavy atom. The molecule has 5 heteroatoms. The van der Waals surface area contributed by atoms with E-state index in [9.17, 15) is 9.59 Å². The molecule has 0 atom stereocenters. The van der Waals surface area contributed by atoms with Crippen LogP contribution in [0.25, 0.3) is 0 Å². The van der Waals surface area contributed by atoms with Gasteiger partial charge in [0, 0.05) is 32.4 Å². The van der Waals surface area contributed by atoms with E-state index >= 15 is 0 Å². The minimum absolute atomic E-state index is 0.468. The smallest absolute Gasteiger partial charge is 0.309 e. The van der Waals surface area contributed by atoms with Crippen molar-refractivity contribution in [1.82, 2.24) is 10.6 Å². The third-order valence-electron chi connectivity index (χ3n) is 3.54. The SMILES string of the molecule is CNC(=O)C(=O)NCCc1ccc(N2CCCC2)cc1. The lowest BCUT2D eigenvalue weighted by atomic mass is 10.1. The second-order valence-electron chi connectivity index (χ2n) is 4.95. The van der Waals surface area contributed by atoms with E-state index in [4.69, 9.17) is 0 Å². The van der Waals surface area contributed by atoms with Crippen LogP contribution >= 0.6 is 0 Å². The van der Waals surface area contributed by atoms with Crippen molar-refractivity contribution in [2.24, 2.45) is 0 Å². The molecule has 1 aromatic carbocycles. The second-order valence-corrected chi connectivity index (χ2v) is 4.95. The van der Waals surface area contributed by atoms with E-state index in [0.717, 1.165) is 25.1 Å². The third-order valence-corrected chi connectivity index (χ3v) is 3.54. The summed E-state index contributed by atoms with van der Waals surface area (Å²) in [6.45, 7) is 2.75. The van der Waals surface area contributed by atoms with Crippen molar-refractivity contribution in [2.45, 2.75) is 19.3 Å². The summed E-state index contributed by atoms with van der Waals surface area (Å²) in [6, 6.07) is 8.42. The summed E-state index contributed by atoms with van der Waals surface area (Å²) in [5.74, 6) is -1.18. The monoisotopic (exact) mass is 275 g/mol. The number of carbonyl (C=O) groups is 2. The molecule has 1 aromatic rings. The molecule has 108 valence electrons. The normalized spacial score (nSPS) is 14.2. The van der Waals surface area contributed by atoms with Gasteiger partial charge in [-0.1, -0.05) is 12.1 Å². The van der Waals surface area contributed by atoms with Crippen molar-refractivity contribution in [2.75, 3.05) is 31.6 Å². The molecule has 1 heterocycles. The van der Waals surface area contributed by atoms with Crippen LogP contribution in [-0.4, -0.2) is 38.5 Å². The van der Waals surface area contributed by atoms with Gasteiger partial charge in [-0.3, -0.25) is 9.59 Å². The van der Waals surface area contributed by atoms with Crippen molar-refractivity contribution in [1.29, 1.82) is 0 Å². The van der Waals surface area contributed by atoms with E-state index in [1.54, 1.807) is 0 Å². The molecule has 0 bridgehead atoms. The first-order valence-electron chi connectivity index (χ1n) is 7.04. The molecule has 1 fully saturated rings. The Morgan fingerprint density at radius 2 is 1.75 bits per heavy atom. The predicted octanol–water partition coefficient (Wildman–Crippen LogP) is 0.691. The minimum Gasteiger partial charge on any atom is -0.372 e. The Bertz CT molecular complexity index is 465. The average Bonchev–Trinajstić information content (AvgIpc) is 3.01. The lowest BCUT2D eigenvalue weighted by molar-refractivity contribution is -0.138. The number of carbonyl (C=O) groups excluding carboxylic acids is 2. The van der Waals surface area contributed by atoms with Gasteiger partial charge in [-0.15, -0.1) is 0 Å². The molecule has 0 radical (unpaired) electrons. The molecule has 2 N–H and O–H groups in total. The molecule has 5 nitrogen and oxygen atoms in total. The number of benzene rings is 1. The largest absolute Gasteiger partial charge is 0.372 e. The minimum atomic E-state index is -0.602. The van der Waals surface area contributed by atoms with Gasteiger partial charge in [0.05, 0.1) is 0 Å². The highest BCUT2D eigenvalue weighted by molar-refractivity contribution is 6.34. The molecule has 2 rings (SSSR count). The van der Waals surface area contributed by atoms with Crippen LogP contribution in [-0.2, 0) is 16.0 Å². The molecular formula is C15H21N3O2. The van der Waals surface area contributed by atoms with Gasteiger partial charge < -0.3 is 15.5 Å². The first-order chi connectivity index (χ1) is 9.70. The maximum absolute atomic E-state index is 11.3. The van der Waals surface area contributed by atoms with Gasteiger partial charge in [0.25, 0.3) is 0 Å². The second kappa shape index (κ2) is 6.93. The fourth-order valence-electron chi connectivity index (χ4n) is 2.36. The fraction of sp³-hybridized carbons (Fsp3) is 0.467. The van der Waals surface area contributed by atoms with Crippen molar-refractivity contribution >= 4 is 17.5 Å². The number of likely N-dealkylation sites (N-methyl/N-ethyl adjacent to an activating group) is 1. The molecule has 0 aromatic heterocycles. The van der Waals surface area contributed by atoms with Crippen LogP contribution in [0, 0.1) is 0 Å². The van der Waals surface area contributed by atoms with Gasteiger partial charge in [0.1, 0.15) is 0 Å². The van der Waals surface area contributed by atoms with Gasteiger partial charge in [0.2, 0.25) is 0 Å². The number of anilines is 1. The average molecular weight is 275 g/mol. The molecule has 1 aliphatic rings. The number of nitrogens with one attached hydrogen (secondary N) is 2. The first kappa shape index (κ1) is 14.4. The Hall–Kier alpha value is -2.04. The van der Waals surface area contributed by atoms with E-state index in [0.29, 0.717) is 6.54 Å². The molecule has 0 spiro atoms. The molecule has 2 amide bonds. The summed E-state index contributed by atoms with van der Waals surface area (Å²) >= 11 is 0. The summed E-state index contributed by atoms with van der Waals surface area (Å²) in [7, 11) is 1.44. The molecule has 0 unspecified atom stereocenters. The summed E-state index contributed by atoms with van der Waals surface area (Å²) in [4.78, 5) is 24.7. The van der Waals surface area contributed by atoms with Crippen molar-refractivity contribution in [3.05, 3.63) is 29.8 Å². The van der Waals surface area contributed by atoms with Crippen LogP contribution in [0.15, 0.2) is 24.3 Å². The number of hydrogen-bond donors (Lipinski definition) is 2. The number of hydrogen-bond acceptors (Lipinski definition) is 3. The highest BCUT2D eigenvalue weighted by Crippen LogP contribution is 2.20. The zero-order valence-electron chi connectivity index (χ0n) is 11.8. The zero-order chi connectivity index (χ0) is 14.4. The standard InChI is InChI=1S/C15H21N3O2/c1-16-14(19)15(20)17-9-8-12-4-6-13(7-5-12)18-10-2-3-11-18/h4-7H,2-3,8-11H2,1H3,(H,16,19)(H,17,20). The molecule has 1 aliphatic heterocycles. The van der Waals surface area contributed by atoms with Crippen LogP contribution < -0.4 is 15.5 Å². The highest BCUT2D eigenvalue weighted by atomic mass is 16.2. The Morgan fingerprint density at radius 1 is 1.10 bits per heavy atom. The van der Waals surface area contributed by atoms with Crippen molar-refractivity contribution < 1.29 is 9.59 Å². The maximum atomic E-state index is 11.3. The van der Waals surface area contributed by atoms with Crippen molar-refractivity contribution in [3.8, 4) is 0 Å². The van der Waals surface area contributed by atoms with Crippen LogP contribution in [0.5, 0.6) is 0 Å². The molecule has 0 aliphatic carbocycles. The lowest BCUT2D eigenvalue weighted by Gasteiger charge is -2.17. The van der Waals surface area contributed by atoms with Crippen LogP contribution in [0.4, 0.5) is 5.69 Å². The van der Waals surface area contributed by atoms with E-state index < -0.39 is 11.8 Å². The van der Waals surface area contributed by atoms with E-state index in [2.05, 4.69) is 39.8 Å². The predicted molar refractivity (Wildman–Crippen MR) is 78.7 cm³/mol. The molecular weight excluding hydrogens is 254 g/mol. The van der Waals surface area contributed by atoms with Crippen LogP contribution in [0.1, 0.15) is 18.4 Å². The van der Waals surface area contributed by atoms with Crippen LogP contribution in [0.2, 0.25) is 0 Å². The maximum Gasteiger partial charge on any atom is 0.309 e. The van der Waals surface area contributed by atoms with E-state index in [1.807, 2.05) is 0 Å². The molecule has 1 saturated heterocycles. The van der Waals surface area contributed by atoms with Gasteiger partial charge in [-0.2, -0.15) is 0 Å². The number of amides is 2. The van der Waals surface area contributed by atoms with Gasteiger partial charge >= 0.3 is 11.8 Å². The Labute approximate surface area is 119 Å². The van der Waals surface area contributed by atoms with Gasteiger partial charge in [0.15, 0.2) is 0 Å². The van der Waals surface area contributed by atoms with E-state index in [-0.39, 0.29) is 0 Å². The van der Waals surface area contributed by atoms with Crippen molar-refractivity contribution in [3.63, 3.8) is 0 Å². The summed E-state index contributed by atoms with van der Waals surface area (Å²) < 4.78 is 0. The van der Waals surface area contributed by atoms with Gasteiger partial charge in [-0.25, -0.2) is 0 Å². The first-order valence-corrected chi connectivity index (χ1v) is 7.04. The third kappa shape index (κ3) is 3.73. The Balaban J connectivity index is 1.79.